The van der Waals surface area contributed by atoms with Crippen LogP contribution in [0.15, 0.2) is 24.3 Å². The van der Waals surface area contributed by atoms with Gasteiger partial charge in [0.25, 0.3) is 0 Å². The van der Waals surface area contributed by atoms with Crippen molar-refractivity contribution in [2.75, 3.05) is 0 Å². The molecule has 0 spiro atoms. The fraction of sp³-hybridized carbons (Fsp3) is 0.600. The van der Waals surface area contributed by atoms with Crippen molar-refractivity contribution in [2.24, 2.45) is 17.3 Å². The molecule has 3 rings (SSSR count). The van der Waals surface area contributed by atoms with Crippen LogP contribution in [0.1, 0.15) is 26.7 Å². The van der Waals surface area contributed by atoms with Gasteiger partial charge in [0.1, 0.15) is 6.10 Å². The number of fused-ring (bicyclic) bond motifs is 3. The van der Waals surface area contributed by atoms with Crippen LogP contribution >= 0.6 is 0 Å². The van der Waals surface area contributed by atoms with Gasteiger partial charge in [-0.05, 0) is 31.9 Å². The molecule has 2 aliphatic carbocycles. The van der Waals surface area contributed by atoms with Crippen LogP contribution < -0.4 is 0 Å². The van der Waals surface area contributed by atoms with E-state index >= 15 is 0 Å². The van der Waals surface area contributed by atoms with Gasteiger partial charge in [-0.1, -0.05) is 13.5 Å². The standard InChI is InChI=1S/C15H18O4/c1-8-9-4-6-14(2)10(16)5-7-15(3,18)12(14)11(9)19-13(8)17/h5,7,9,11-12,18H,1,4,6H2,2-3H3/t9-,11-,12+,14-,15+/m0/s1. The molecule has 0 amide bonds. The molecule has 1 aliphatic heterocycles. The lowest BCUT2D eigenvalue weighted by Gasteiger charge is -2.51. The molecule has 0 aromatic carbocycles. The Morgan fingerprint density at radius 3 is 2.79 bits per heavy atom. The summed E-state index contributed by atoms with van der Waals surface area (Å²) in [6, 6.07) is 0. The zero-order valence-electron chi connectivity index (χ0n) is 11.2. The summed E-state index contributed by atoms with van der Waals surface area (Å²) in [7, 11) is 0. The van der Waals surface area contributed by atoms with Crippen LogP contribution in [0.25, 0.3) is 0 Å². The third-order valence-electron chi connectivity index (χ3n) is 5.10. The summed E-state index contributed by atoms with van der Waals surface area (Å²) in [6.45, 7) is 7.33. The van der Waals surface area contributed by atoms with Gasteiger partial charge in [-0.25, -0.2) is 4.79 Å². The second kappa shape index (κ2) is 3.57. The maximum atomic E-state index is 12.2. The van der Waals surface area contributed by atoms with Crippen molar-refractivity contribution in [3.63, 3.8) is 0 Å². The molecule has 0 bridgehead atoms. The lowest BCUT2D eigenvalue weighted by molar-refractivity contribution is -0.167. The monoisotopic (exact) mass is 262 g/mol. The molecule has 19 heavy (non-hydrogen) atoms. The SMILES string of the molecule is C=C1C(=O)O[C@@H]2[C@@H]3[C@@](C)(CC[C@@H]12)C(=O)C=C[C@@]3(C)O. The van der Waals surface area contributed by atoms with Crippen LogP contribution in [-0.4, -0.2) is 28.6 Å². The smallest absolute Gasteiger partial charge is 0.334 e. The maximum Gasteiger partial charge on any atom is 0.334 e. The number of allylic oxidation sites excluding steroid dienone is 1. The Balaban J connectivity index is 2.10. The van der Waals surface area contributed by atoms with Gasteiger partial charge in [0, 0.05) is 22.8 Å². The predicted octanol–water partition coefficient (Wildman–Crippen LogP) is 1.39. The normalized spacial score (nSPS) is 48.8. The molecule has 3 aliphatic rings. The van der Waals surface area contributed by atoms with Crippen LogP contribution in [0.5, 0.6) is 0 Å². The summed E-state index contributed by atoms with van der Waals surface area (Å²) in [4.78, 5) is 23.9. The molecule has 1 saturated carbocycles. The summed E-state index contributed by atoms with van der Waals surface area (Å²) in [5.74, 6) is -0.858. The Hall–Kier alpha value is -1.42. The number of carbonyl (C=O) groups is 2. The van der Waals surface area contributed by atoms with Crippen LogP contribution in [0.4, 0.5) is 0 Å². The number of hydrogen-bond acceptors (Lipinski definition) is 4. The molecule has 4 nitrogen and oxygen atoms in total. The first-order valence-electron chi connectivity index (χ1n) is 6.63. The van der Waals surface area contributed by atoms with Crippen molar-refractivity contribution in [2.45, 2.75) is 38.4 Å². The van der Waals surface area contributed by atoms with Gasteiger partial charge in [-0.15, -0.1) is 0 Å². The highest BCUT2D eigenvalue weighted by molar-refractivity contribution is 5.97. The minimum absolute atomic E-state index is 0.0102. The van der Waals surface area contributed by atoms with E-state index in [1.54, 1.807) is 6.92 Å². The Kier molecular flexibility index (Phi) is 2.37. The topological polar surface area (TPSA) is 63.6 Å². The van der Waals surface area contributed by atoms with E-state index in [4.69, 9.17) is 4.74 Å². The van der Waals surface area contributed by atoms with Gasteiger partial charge < -0.3 is 9.84 Å². The number of ether oxygens (including phenoxy) is 1. The number of aliphatic hydroxyl groups is 1. The molecule has 102 valence electrons. The van der Waals surface area contributed by atoms with Crippen molar-refractivity contribution >= 4 is 11.8 Å². The first-order chi connectivity index (χ1) is 8.77. The predicted molar refractivity (Wildman–Crippen MR) is 68.1 cm³/mol. The number of ketones is 1. The number of carbonyl (C=O) groups excluding carboxylic acids is 2. The van der Waals surface area contributed by atoms with E-state index in [1.807, 2.05) is 6.92 Å². The van der Waals surface area contributed by atoms with Crippen molar-refractivity contribution in [3.05, 3.63) is 24.3 Å². The van der Waals surface area contributed by atoms with E-state index in [0.29, 0.717) is 18.4 Å². The summed E-state index contributed by atoms with van der Waals surface area (Å²) in [5, 5.41) is 10.6. The van der Waals surface area contributed by atoms with Crippen molar-refractivity contribution in [1.29, 1.82) is 0 Å². The molecular weight excluding hydrogens is 244 g/mol. The van der Waals surface area contributed by atoms with E-state index in [9.17, 15) is 14.7 Å². The van der Waals surface area contributed by atoms with Gasteiger partial charge >= 0.3 is 5.97 Å². The van der Waals surface area contributed by atoms with E-state index in [-0.39, 0.29) is 11.7 Å². The lowest BCUT2D eigenvalue weighted by atomic mass is 9.53. The fourth-order valence-corrected chi connectivity index (χ4v) is 4.04. The Labute approximate surface area is 112 Å². The van der Waals surface area contributed by atoms with Crippen molar-refractivity contribution < 1.29 is 19.4 Å². The van der Waals surface area contributed by atoms with E-state index in [1.165, 1.54) is 12.2 Å². The van der Waals surface area contributed by atoms with E-state index in [2.05, 4.69) is 6.58 Å². The Morgan fingerprint density at radius 2 is 2.11 bits per heavy atom. The third kappa shape index (κ3) is 1.49. The molecular formula is C15H18O4. The van der Waals surface area contributed by atoms with Crippen LogP contribution in [0, 0.1) is 17.3 Å². The number of esters is 1. The van der Waals surface area contributed by atoms with Gasteiger partial charge in [-0.3, -0.25) is 4.79 Å². The minimum Gasteiger partial charge on any atom is -0.458 e. The first kappa shape index (κ1) is 12.6. The van der Waals surface area contributed by atoms with E-state index < -0.39 is 29.0 Å². The zero-order valence-corrected chi connectivity index (χ0v) is 11.2. The van der Waals surface area contributed by atoms with Crippen molar-refractivity contribution in [3.8, 4) is 0 Å². The third-order valence-corrected chi connectivity index (χ3v) is 5.10. The zero-order chi connectivity index (χ0) is 14.0. The summed E-state index contributed by atoms with van der Waals surface area (Å²) < 4.78 is 5.41. The number of hydrogen-bond donors (Lipinski definition) is 1. The van der Waals surface area contributed by atoms with Crippen LogP contribution in [0.3, 0.4) is 0 Å². The molecule has 5 atom stereocenters. The molecule has 0 aromatic rings. The molecule has 2 fully saturated rings. The van der Waals surface area contributed by atoms with Crippen LogP contribution in [-0.2, 0) is 14.3 Å². The molecule has 4 heteroatoms. The molecule has 1 heterocycles. The summed E-state index contributed by atoms with van der Waals surface area (Å²) >= 11 is 0. The van der Waals surface area contributed by atoms with Crippen molar-refractivity contribution in [1.82, 2.24) is 0 Å². The molecule has 0 unspecified atom stereocenters. The fourth-order valence-electron chi connectivity index (χ4n) is 4.04. The largest absolute Gasteiger partial charge is 0.458 e. The van der Waals surface area contributed by atoms with Crippen LogP contribution in [0.2, 0.25) is 0 Å². The summed E-state index contributed by atoms with van der Waals surface area (Å²) in [5.41, 5.74) is -1.33. The number of rotatable bonds is 0. The second-order valence-corrected chi connectivity index (χ2v) is 6.36. The lowest BCUT2D eigenvalue weighted by Crippen LogP contribution is -2.59. The maximum absolute atomic E-state index is 12.2. The van der Waals surface area contributed by atoms with Gasteiger partial charge in [-0.2, -0.15) is 0 Å². The quantitative estimate of drug-likeness (QED) is 0.529. The average molecular weight is 262 g/mol. The van der Waals surface area contributed by atoms with Gasteiger partial charge in [0.05, 0.1) is 5.60 Å². The highest BCUT2D eigenvalue weighted by Gasteiger charge is 2.62. The average Bonchev–Trinajstić information content (AvgIpc) is 2.60. The highest BCUT2D eigenvalue weighted by atomic mass is 16.6. The second-order valence-electron chi connectivity index (χ2n) is 6.36. The van der Waals surface area contributed by atoms with Gasteiger partial charge in [0.15, 0.2) is 5.78 Å². The van der Waals surface area contributed by atoms with E-state index in [0.717, 1.165) is 0 Å². The molecule has 0 aromatic heterocycles. The highest BCUT2D eigenvalue weighted by Crippen LogP contribution is 2.55. The minimum atomic E-state index is -1.14. The molecule has 0 radical (unpaired) electrons. The molecule has 1 N–H and O–H groups in total. The Bertz CT molecular complexity index is 516. The summed E-state index contributed by atoms with van der Waals surface area (Å²) in [6.07, 6.45) is 3.90. The Morgan fingerprint density at radius 1 is 1.42 bits per heavy atom. The molecule has 1 saturated heterocycles. The first-order valence-corrected chi connectivity index (χ1v) is 6.63. The van der Waals surface area contributed by atoms with Gasteiger partial charge in [0.2, 0.25) is 0 Å².